The van der Waals surface area contributed by atoms with Crippen molar-refractivity contribution in [2.24, 2.45) is 0 Å². The largest absolute Gasteiger partial charge is 0.343 e. The highest BCUT2D eigenvalue weighted by Crippen LogP contribution is 2.12. The Balaban J connectivity index is 2.58. The Labute approximate surface area is 86.9 Å². The van der Waals surface area contributed by atoms with Crippen LogP contribution < -0.4 is 0 Å². The number of aromatic amines is 1. The predicted octanol–water partition coefficient (Wildman–Crippen LogP) is 2.51. The van der Waals surface area contributed by atoms with E-state index >= 15 is 0 Å². The number of H-pyrrole nitrogens is 1. The molecule has 2 heterocycles. The predicted molar refractivity (Wildman–Crippen MR) is 57.4 cm³/mol. The highest BCUT2D eigenvalue weighted by Gasteiger charge is 1.98. The summed E-state index contributed by atoms with van der Waals surface area (Å²) in [5, 5.41) is 0. The minimum Gasteiger partial charge on any atom is -0.343 e. The van der Waals surface area contributed by atoms with Gasteiger partial charge in [-0.2, -0.15) is 0 Å². The molecule has 0 atom stereocenters. The molecule has 0 fully saturated rings. The molecular weight excluding hydrogens is 194 g/mol. The lowest BCUT2D eigenvalue weighted by atomic mass is 10.2. The third-order valence-electron chi connectivity index (χ3n) is 1.83. The molecule has 0 radical (unpaired) electrons. The molecule has 0 spiro atoms. The Morgan fingerprint density at radius 3 is 2.64 bits per heavy atom. The van der Waals surface area contributed by atoms with Crippen LogP contribution >= 0.6 is 12.2 Å². The van der Waals surface area contributed by atoms with Crippen LogP contribution in [-0.4, -0.2) is 15.0 Å². The molecule has 2 aromatic rings. The Morgan fingerprint density at radius 1 is 1.29 bits per heavy atom. The molecule has 0 saturated heterocycles. The maximum atomic E-state index is 5.04. The van der Waals surface area contributed by atoms with E-state index < -0.39 is 0 Å². The third kappa shape index (κ3) is 1.85. The summed E-state index contributed by atoms with van der Waals surface area (Å²) in [5.41, 5.74) is 2.01. The van der Waals surface area contributed by atoms with Crippen LogP contribution in [0.25, 0.3) is 11.4 Å². The van der Waals surface area contributed by atoms with E-state index in [0.717, 1.165) is 17.1 Å². The van der Waals surface area contributed by atoms with Gasteiger partial charge < -0.3 is 4.98 Å². The summed E-state index contributed by atoms with van der Waals surface area (Å²) >= 11 is 5.04. The lowest BCUT2D eigenvalue weighted by Crippen LogP contribution is -1.91. The highest BCUT2D eigenvalue weighted by molar-refractivity contribution is 7.71. The van der Waals surface area contributed by atoms with Crippen molar-refractivity contribution in [1.29, 1.82) is 0 Å². The van der Waals surface area contributed by atoms with Crippen LogP contribution in [0.3, 0.4) is 0 Å². The summed E-state index contributed by atoms with van der Waals surface area (Å²) in [6.45, 7) is 1.96. The van der Waals surface area contributed by atoms with Gasteiger partial charge in [0.2, 0.25) is 0 Å². The van der Waals surface area contributed by atoms with Crippen LogP contribution in [0.2, 0.25) is 0 Å². The van der Waals surface area contributed by atoms with Crippen LogP contribution in [0.1, 0.15) is 5.69 Å². The van der Waals surface area contributed by atoms with Crippen LogP contribution in [0.5, 0.6) is 0 Å². The van der Waals surface area contributed by atoms with Crippen molar-refractivity contribution in [3.05, 3.63) is 40.9 Å². The zero-order valence-electron chi connectivity index (χ0n) is 7.69. The van der Waals surface area contributed by atoms with Crippen LogP contribution in [0.4, 0.5) is 0 Å². The van der Waals surface area contributed by atoms with E-state index in [4.69, 9.17) is 12.2 Å². The second-order valence-electron chi connectivity index (χ2n) is 2.99. The average Bonchev–Trinajstić information content (AvgIpc) is 2.18. The Kier molecular flexibility index (Phi) is 2.37. The monoisotopic (exact) mass is 203 g/mol. The van der Waals surface area contributed by atoms with E-state index in [1.54, 1.807) is 12.4 Å². The number of hydrogen-bond acceptors (Lipinski definition) is 3. The number of nitrogens with one attached hydrogen (secondary N) is 1. The first-order valence-corrected chi connectivity index (χ1v) is 4.65. The summed E-state index contributed by atoms with van der Waals surface area (Å²) in [6.07, 6.45) is 3.46. The lowest BCUT2D eigenvalue weighted by Gasteiger charge is -2.01. The fourth-order valence-corrected chi connectivity index (χ4v) is 1.49. The fraction of sp³-hybridized carbons (Fsp3) is 0.100. The van der Waals surface area contributed by atoms with Crippen molar-refractivity contribution in [1.82, 2.24) is 15.0 Å². The molecule has 3 nitrogen and oxygen atoms in total. The van der Waals surface area contributed by atoms with Gasteiger partial charge >= 0.3 is 0 Å². The Hall–Kier alpha value is -1.55. The number of rotatable bonds is 1. The average molecular weight is 203 g/mol. The number of hydrogen-bond donors (Lipinski definition) is 1. The summed E-state index contributed by atoms with van der Waals surface area (Å²) in [5.74, 6) is 0.789. The molecule has 2 rings (SSSR count). The number of nitrogens with zero attached hydrogens (tertiary/aromatic N) is 2. The van der Waals surface area contributed by atoms with Gasteiger partial charge in [0.1, 0.15) is 10.5 Å². The maximum absolute atomic E-state index is 5.04. The van der Waals surface area contributed by atoms with Gasteiger partial charge in [-0.1, -0.05) is 12.2 Å². The second kappa shape index (κ2) is 3.67. The molecule has 0 saturated carbocycles. The van der Waals surface area contributed by atoms with Gasteiger partial charge in [0, 0.05) is 23.7 Å². The molecule has 0 aliphatic rings. The van der Waals surface area contributed by atoms with Crippen LogP contribution in [0.15, 0.2) is 30.6 Å². The lowest BCUT2D eigenvalue weighted by molar-refractivity contribution is 1.10. The van der Waals surface area contributed by atoms with Gasteiger partial charge in [-0.05, 0) is 25.1 Å². The van der Waals surface area contributed by atoms with Crippen molar-refractivity contribution in [3.8, 4) is 11.4 Å². The zero-order chi connectivity index (χ0) is 9.97. The molecule has 1 N–H and O–H groups in total. The van der Waals surface area contributed by atoms with Gasteiger partial charge in [0.15, 0.2) is 0 Å². The molecule has 70 valence electrons. The fourth-order valence-electron chi connectivity index (χ4n) is 1.22. The highest BCUT2D eigenvalue weighted by atomic mass is 32.1. The van der Waals surface area contributed by atoms with Crippen molar-refractivity contribution in [2.45, 2.75) is 6.92 Å². The number of aryl methyl sites for hydroxylation is 1. The van der Waals surface area contributed by atoms with E-state index in [2.05, 4.69) is 15.0 Å². The van der Waals surface area contributed by atoms with Crippen molar-refractivity contribution in [2.75, 3.05) is 0 Å². The smallest absolute Gasteiger partial charge is 0.139 e. The number of aromatic nitrogens is 3. The van der Waals surface area contributed by atoms with E-state index in [1.807, 2.05) is 25.1 Å². The first-order valence-electron chi connectivity index (χ1n) is 4.24. The molecule has 0 unspecified atom stereocenters. The maximum Gasteiger partial charge on any atom is 0.139 e. The summed E-state index contributed by atoms with van der Waals surface area (Å²) in [7, 11) is 0. The molecule has 0 aliphatic carbocycles. The van der Waals surface area contributed by atoms with Crippen molar-refractivity contribution in [3.63, 3.8) is 0 Å². The van der Waals surface area contributed by atoms with Crippen molar-refractivity contribution < 1.29 is 0 Å². The summed E-state index contributed by atoms with van der Waals surface area (Å²) < 4.78 is 0.605. The van der Waals surface area contributed by atoms with E-state index in [0.29, 0.717) is 4.64 Å². The van der Waals surface area contributed by atoms with E-state index in [1.165, 1.54) is 0 Å². The van der Waals surface area contributed by atoms with E-state index in [-0.39, 0.29) is 0 Å². The standard InChI is InChI=1S/C10H9N3S/c1-7-6-9(14)13-10(12-7)8-2-4-11-5-3-8/h2-6H,1H3,(H,12,13,14). The molecule has 0 aliphatic heterocycles. The SMILES string of the molecule is Cc1cc(=S)nc(-c2ccncc2)[nH]1. The molecule has 0 bridgehead atoms. The minimum absolute atomic E-state index is 0.605. The van der Waals surface area contributed by atoms with Gasteiger partial charge in [-0.3, -0.25) is 4.98 Å². The van der Waals surface area contributed by atoms with E-state index in [9.17, 15) is 0 Å². The first-order chi connectivity index (χ1) is 6.75. The third-order valence-corrected chi connectivity index (χ3v) is 2.04. The van der Waals surface area contributed by atoms with Gasteiger partial charge in [-0.25, -0.2) is 4.98 Å². The zero-order valence-corrected chi connectivity index (χ0v) is 8.51. The normalized spacial score (nSPS) is 10.1. The molecular formula is C10H9N3S. The molecule has 2 aromatic heterocycles. The van der Waals surface area contributed by atoms with Crippen molar-refractivity contribution >= 4 is 12.2 Å². The molecule has 0 amide bonds. The summed E-state index contributed by atoms with van der Waals surface area (Å²) in [4.78, 5) is 11.3. The van der Waals surface area contributed by atoms with Gasteiger partial charge in [-0.15, -0.1) is 0 Å². The van der Waals surface area contributed by atoms with Gasteiger partial charge in [0.25, 0.3) is 0 Å². The quantitative estimate of drug-likeness (QED) is 0.724. The number of pyridine rings is 1. The van der Waals surface area contributed by atoms with Gasteiger partial charge in [0.05, 0.1) is 0 Å². The second-order valence-corrected chi connectivity index (χ2v) is 3.41. The minimum atomic E-state index is 0.605. The summed E-state index contributed by atoms with van der Waals surface area (Å²) in [6, 6.07) is 5.63. The Morgan fingerprint density at radius 2 is 2.00 bits per heavy atom. The van der Waals surface area contributed by atoms with Crippen LogP contribution in [-0.2, 0) is 0 Å². The first kappa shape index (κ1) is 9.02. The molecule has 0 aromatic carbocycles. The molecule has 4 heteroatoms. The molecule has 14 heavy (non-hydrogen) atoms. The Bertz CT molecular complexity index is 490. The topological polar surface area (TPSA) is 41.6 Å². The van der Waals surface area contributed by atoms with Crippen LogP contribution in [0, 0.1) is 11.6 Å².